The molecule has 0 rings (SSSR count). The van der Waals surface area contributed by atoms with Crippen LogP contribution in [-0.2, 0) is 4.74 Å². The van der Waals surface area contributed by atoms with Crippen molar-refractivity contribution in [1.82, 2.24) is 0 Å². The van der Waals surface area contributed by atoms with Gasteiger partial charge in [0.15, 0.2) is 0 Å². The van der Waals surface area contributed by atoms with Crippen molar-refractivity contribution in [1.29, 1.82) is 0 Å². The van der Waals surface area contributed by atoms with E-state index in [0.717, 1.165) is 4.48 Å². The summed E-state index contributed by atoms with van der Waals surface area (Å²) in [7, 11) is 6.10. The highest BCUT2D eigenvalue weighted by atomic mass is 19.1. The molecular formula is C9H21FNO+. The van der Waals surface area contributed by atoms with E-state index in [9.17, 15) is 4.39 Å². The highest BCUT2D eigenvalue weighted by Crippen LogP contribution is 2.03. The van der Waals surface area contributed by atoms with Gasteiger partial charge >= 0.3 is 0 Å². The largest absolute Gasteiger partial charge is 0.367 e. The quantitative estimate of drug-likeness (QED) is 0.579. The van der Waals surface area contributed by atoms with Crippen molar-refractivity contribution in [3.8, 4) is 0 Å². The van der Waals surface area contributed by atoms with Gasteiger partial charge in [-0.2, -0.15) is 0 Å². The zero-order chi connectivity index (χ0) is 9.78. The van der Waals surface area contributed by atoms with Crippen LogP contribution < -0.4 is 0 Å². The van der Waals surface area contributed by atoms with Crippen LogP contribution in [0.2, 0.25) is 0 Å². The summed E-state index contributed by atoms with van der Waals surface area (Å²) in [6.07, 6.45) is -0.151. The molecule has 0 aromatic rings. The molecule has 0 heterocycles. The normalized spacial score (nSPS) is 15.2. The molecule has 0 N–H and O–H groups in total. The first-order valence-corrected chi connectivity index (χ1v) is 4.37. The molecule has 0 spiro atoms. The molecule has 0 amide bonds. The van der Waals surface area contributed by atoms with Gasteiger partial charge in [0.05, 0.1) is 27.2 Å². The number of hydrogen-bond donors (Lipinski definition) is 0. The van der Waals surface area contributed by atoms with Crippen molar-refractivity contribution >= 4 is 0 Å². The van der Waals surface area contributed by atoms with Gasteiger partial charge in [-0.25, -0.2) is 4.39 Å². The number of rotatable bonds is 5. The fourth-order valence-electron chi connectivity index (χ4n) is 1.12. The first-order valence-electron chi connectivity index (χ1n) is 4.37. The van der Waals surface area contributed by atoms with E-state index in [-0.39, 0.29) is 12.2 Å². The first kappa shape index (κ1) is 11.8. The van der Waals surface area contributed by atoms with Crippen molar-refractivity contribution in [2.75, 3.05) is 34.4 Å². The minimum Gasteiger partial charge on any atom is -0.367 e. The molecule has 0 aliphatic heterocycles. The fraction of sp³-hybridized carbons (Fsp3) is 1.00. The molecule has 0 aliphatic rings. The lowest BCUT2D eigenvalue weighted by atomic mass is 10.3. The van der Waals surface area contributed by atoms with E-state index in [2.05, 4.69) is 0 Å². The summed E-state index contributed by atoms with van der Waals surface area (Å²) in [5, 5.41) is 0. The molecule has 1 unspecified atom stereocenters. The van der Waals surface area contributed by atoms with Gasteiger partial charge in [0.2, 0.25) is 0 Å². The standard InChI is InChI=1S/C9H21FNO/c1-8(2)12-9(6-10)7-11(3,4)5/h8-9H,6-7H2,1-5H3/q+1. The molecular weight excluding hydrogens is 157 g/mol. The summed E-state index contributed by atoms with van der Waals surface area (Å²) in [4.78, 5) is 0. The van der Waals surface area contributed by atoms with E-state index < -0.39 is 6.67 Å². The SMILES string of the molecule is CC(C)OC(CF)C[N+](C)(C)C. The molecule has 3 heteroatoms. The lowest BCUT2D eigenvalue weighted by molar-refractivity contribution is -0.873. The van der Waals surface area contributed by atoms with Crippen LogP contribution >= 0.6 is 0 Å². The highest BCUT2D eigenvalue weighted by Gasteiger charge is 2.19. The van der Waals surface area contributed by atoms with E-state index in [1.807, 2.05) is 35.0 Å². The Hall–Kier alpha value is -0.150. The number of ether oxygens (including phenoxy) is 1. The molecule has 0 bridgehead atoms. The molecule has 0 aliphatic carbocycles. The molecule has 0 saturated heterocycles. The number of likely N-dealkylation sites (N-methyl/N-ethyl adjacent to an activating group) is 1. The smallest absolute Gasteiger partial charge is 0.135 e. The minimum atomic E-state index is -0.395. The number of hydrogen-bond acceptors (Lipinski definition) is 1. The first-order chi connectivity index (χ1) is 5.35. The predicted octanol–water partition coefficient (Wildman–Crippen LogP) is 1.46. The highest BCUT2D eigenvalue weighted by molar-refractivity contribution is 4.55. The number of alkyl halides is 1. The predicted molar refractivity (Wildman–Crippen MR) is 48.9 cm³/mol. The summed E-state index contributed by atoms with van der Waals surface area (Å²) in [5.74, 6) is 0. The Balaban J connectivity index is 3.83. The van der Waals surface area contributed by atoms with Crippen molar-refractivity contribution < 1.29 is 13.6 Å². The number of quaternary nitrogens is 1. The Bertz CT molecular complexity index is 120. The van der Waals surface area contributed by atoms with Gasteiger partial charge in [0.1, 0.15) is 19.3 Å². The summed E-state index contributed by atoms with van der Waals surface area (Å²) in [5.41, 5.74) is 0. The summed E-state index contributed by atoms with van der Waals surface area (Å²) in [6, 6.07) is 0. The van der Waals surface area contributed by atoms with Crippen molar-refractivity contribution in [2.24, 2.45) is 0 Å². The maximum absolute atomic E-state index is 12.4. The van der Waals surface area contributed by atoms with Gasteiger partial charge in [-0.3, -0.25) is 0 Å². The third-order valence-corrected chi connectivity index (χ3v) is 1.39. The summed E-state index contributed by atoms with van der Waals surface area (Å²) in [6.45, 7) is 4.18. The Labute approximate surface area is 74.9 Å². The van der Waals surface area contributed by atoms with Gasteiger partial charge in [0, 0.05) is 0 Å². The lowest BCUT2D eigenvalue weighted by Gasteiger charge is -2.28. The maximum atomic E-state index is 12.4. The van der Waals surface area contributed by atoms with Crippen LogP contribution in [0.5, 0.6) is 0 Å². The van der Waals surface area contributed by atoms with Gasteiger partial charge < -0.3 is 9.22 Å². The van der Waals surface area contributed by atoms with Crippen LogP contribution in [-0.4, -0.2) is 51.1 Å². The summed E-state index contributed by atoms with van der Waals surface area (Å²) >= 11 is 0. The molecule has 0 aromatic heterocycles. The zero-order valence-electron chi connectivity index (χ0n) is 8.80. The Morgan fingerprint density at radius 1 is 1.25 bits per heavy atom. The molecule has 0 saturated carbocycles. The van der Waals surface area contributed by atoms with Crippen LogP contribution in [0.1, 0.15) is 13.8 Å². The summed E-state index contributed by atoms with van der Waals surface area (Å²) < 4.78 is 18.5. The van der Waals surface area contributed by atoms with Crippen molar-refractivity contribution in [3.05, 3.63) is 0 Å². The monoisotopic (exact) mass is 178 g/mol. The molecule has 74 valence electrons. The van der Waals surface area contributed by atoms with Crippen LogP contribution in [0.25, 0.3) is 0 Å². The molecule has 1 atom stereocenters. The molecule has 2 nitrogen and oxygen atoms in total. The second kappa shape index (κ2) is 4.77. The Kier molecular flexibility index (Phi) is 4.71. The minimum absolute atomic E-state index is 0.109. The van der Waals surface area contributed by atoms with Crippen LogP contribution in [0.4, 0.5) is 4.39 Å². The third-order valence-electron chi connectivity index (χ3n) is 1.39. The van der Waals surface area contributed by atoms with Crippen LogP contribution in [0.15, 0.2) is 0 Å². The lowest BCUT2D eigenvalue weighted by Crippen LogP contribution is -2.43. The van der Waals surface area contributed by atoms with Gasteiger partial charge in [0.25, 0.3) is 0 Å². The van der Waals surface area contributed by atoms with Gasteiger partial charge in [-0.1, -0.05) is 0 Å². The zero-order valence-corrected chi connectivity index (χ0v) is 8.80. The molecule has 0 radical (unpaired) electrons. The van der Waals surface area contributed by atoms with Crippen LogP contribution in [0, 0.1) is 0 Å². The topological polar surface area (TPSA) is 9.23 Å². The molecule has 0 fully saturated rings. The van der Waals surface area contributed by atoms with Crippen molar-refractivity contribution in [2.45, 2.75) is 26.1 Å². The number of halogens is 1. The maximum Gasteiger partial charge on any atom is 0.135 e. The van der Waals surface area contributed by atoms with Gasteiger partial charge in [-0.15, -0.1) is 0 Å². The Morgan fingerprint density at radius 3 is 2.00 bits per heavy atom. The second-order valence-corrected chi connectivity index (χ2v) is 4.43. The van der Waals surface area contributed by atoms with E-state index >= 15 is 0 Å². The van der Waals surface area contributed by atoms with E-state index in [1.165, 1.54) is 0 Å². The average Bonchev–Trinajstić information content (AvgIpc) is 1.82. The third kappa shape index (κ3) is 6.55. The van der Waals surface area contributed by atoms with Crippen LogP contribution in [0.3, 0.4) is 0 Å². The fourth-order valence-corrected chi connectivity index (χ4v) is 1.12. The number of nitrogens with zero attached hydrogens (tertiary/aromatic N) is 1. The molecule has 0 aromatic carbocycles. The van der Waals surface area contributed by atoms with E-state index in [4.69, 9.17) is 4.74 Å². The van der Waals surface area contributed by atoms with Crippen molar-refractivity contribution in [3.63, 3.8) is 0 Å². The van der Waals surface area contributed by atoms with E-state index in [1.54, 1.807) is 0 Å². The van der Waals surface area contributed by atoms with E-state index in [0.29, 0.717) is 6.54 Å². The van der Waals surface area contributed by atoms with Gasteiger partial charge in [-0.05, 0) is 13.8 Å². The molecule has 12 heavy (non-hydrogen) atoms. The average molecular weight is 178 g/mol. The second-order valence-electron chi connectivity index (χ2n) is 4.43. The Morgan fingerprint density at radius 2 is 1.75 bits per heavy atom.